The summed E-state index contributed by atoms with van der Waals surface area (Å²) in [7, 11) is 6.07. The molecule has 4 N–H and O–H groups in total. The molecule has 292 valence electrons. The fraction of sp³-hybridized carbons (Fsp3) is 0.718. The second-order valence-corrected chi connectivity index (χ2v) is 15.5. The monoisotopic (exact) mass is 729 g/mol. The smallest absolute Gasteiger partial charge is 0.329 e. The molecule has 9 atom stereocenters. The van der Waals surface area contributed by atoms with Gasteiger partial charge in [-0.1, -0.05) is 65.3 Å². The topological polar surface area (TPSA) is 170 Å². The number of hydrogen-bond donors (Lipinski definition) is 3. The van der Waals surface area contributed by atoms with Crippen molar-refractivity contribution in [2.24, 2.45) is 23.5 Å². The summed E-state index contributed by atoms with van der Waals surface area (Å²) in [5.74, 6) is -2.92. The minimum absolute atomic E-state index is 0.00330. The summed E-state index contributed by atoms with van der Waals surface area (Å²) in [5.41, 5.74) is 7.01. The predicted octanol–water partition coefficient (Wildman–Crippen LogP) is 2.78. The molecule has 1 heterocycles. The summed E-state index contributed by atoms with van der Waals surface area (Å²) in [6.07, 6.45) is 1.44. The van der Waals surface area contributed by atoms with Crippen LogP contribution >= 0.6 is 0 Å². The van der Waals surface area contributed by atoms with Crippen LogP contribution < -0.4 is 16.4 Å². The van der Waals surface area contributed by atoms with Gasteiger partial charge in [0.1, 0.15) is 12.1 Å². The van der Waals surface area contributed by atoms with Gasteiger partial charge in [0.25, 0.3) is 0 Å². The van der Waals surface area contributed by atoms with Crippen LogP contribution in [0.4, 0.5) is 0 Å². The van der Waals surface area contributed by atoms with Gasteiger partial charge >= 0.3 is 5.97 Å². The quantitative estimate of drug-likeness (QED) is 0.193. The Morgan fingerprint density at radius 3 is 2.21 bits per heavy atom. The van der Waals surface area contributed by atoms with Gasteiger partial charge in [0, 0.05) is 33.7 Å². The molecule has 2 aliphatic rings. The molecule has 1 fully saturated rings. The highest BCUT2D eigenvalue weighted by molar-refractivity contribution is 5.92. The highest BCUT2D eigenvalue weighted by Gasteiger charge is 2.45. The van der Waals surface area contributed by atoms with Crippen molar-refractivity contribution in [2.75, 3.05) is 34.9 Å². The van der Waals surface area contributed by atoms with Crippen LogP contribution in [0.15, 0.2) is 24.3 Å². The number of benzene rings is 1. The number of carbonyl (C=O) groups excluding carboxylic acids is 5. The first kappa shape index (κ1) is 42.9. The molecule has 1 saturated heterocycles. The van der Waals surface area contributed by atoms with Crippen LogP contribution in [0.1, 0.15) is 91.2 Å². The highest BCUT2D eigenvalue weighted by atomic mass is 16.5. The van der Waals surface area contributed by atoms with E-state index < -0.39 is 59.7 Å². The van der Waals surface area contributed by atoms with Gasteiger partial charge in [-0.3, -0.25) is 19.2 Å². The lowest BCUT2D eigenvalue weighted by atomic mass is 9.73. The Labute approximate surface area is 310 Å². The van der Waals surface area contributed by atoms with Crippen molar-refractivity contribution in [3.05, 3.63) is 35.4 Å². The number of amides is 4. The molecule has 1 aromatic rings. The Morgan fingerprint density at radius 1 is 1.02 bits per heavy atom. The third-order valence-electron chi connectivity index (χ3n) is 11.1. The average molecular weight is 730 g/mol. The van der Waals surface area contributed by atoms with Gasteiger partial charge in [-0.15, -0.1) is 0 Å². The largest absolute Gasteiger partial charge is 0.467 e. The maximum Gasteiger partial charge on any atom is 0.329 e. The lowest BCUT2D eigenvalue weighted by Crippen LogP contribution is -2.60. The first-order chi connectivity index (χ1) is 24.4. The number of nitrogens with zero attached hydrogens (tertiary/aromatic N) is 2. The summed E-state index contributed by atoms with van der Waals surface area (Å²) >= 11 is 0. The molecule has 1 aliphatic carbocycles. The molecule has 2 unspecified atom stereocenters. The Hall–Kier alpha value is -3.55. The number of likely N-dealkylation sites (N-methyl/N-ethyl adjacent to an activating group) is 1. The lowest BCUT2D eigenvalue weighted by Gasteiger charge is -2.41. The van der Waals surface area contributed by atoms with Crippen molar-refractivity contribution in [3.63, 3.8) is 0 Å². The normalized spacial score (nSPS) is 21.1. The van der Waals surface area contributed by atoms with Gasteiger partial charge < -0.3 is 40.4 Å². The third kappa shape index (κ3) is 9.70. The van der Waals surface area contributed by atoms with Crippen LogP contribution in [0, 0.1) is 17.8 Å². The van der Waals surface area contributed by atoms with Crippen LogP contribution in [-0.2, 0) is 44.6 Å². The first-order valence-corrected chi connectivity index (χ1v) is 18.6. The number of rotatable bonds is 18. The summed E-state index contributed by atoms with van der Waals surface area (Å²) in [6, 6.07) is 5.30. The summed E-state index contributed by atoms with van der Waals surface area (Å²) in [4.78, 5) is 70.9. The second-order valence-electron chi connectivity index (χ2n) is 15.5. The van der Waals surface area contributed by atoms with Crippen LogP contribution in [0.5, 0.6) is 0 Å². The summed E-state index contributed by atoms with van der Waals surface area (Å²) in [5, 5.41) is 5.77. The number of fused-ring (bicyclic) bond motifs is 1. The molecule has 1 aromatic carbocycles. The predicted molar refractivity (Wildman–Crippen MR) is 198 cm³/mol. The SMILES string of the molecule is CC[C@H](C)[C@@H]([C@@H](CC(=O)N1CCC[C@H]1[C@H](OC)[C@@H](C)C(=O)NC(C(=O)OC)C1Cc2ccccc21)OC)N(C)C(=O)[C@@H](NC(=O)C(C)(C)N)C(C)C. The highest BCUT2D eigenvalue weighted by Crippen LogP contribution is 2.38. The van der Waals surface area contributed by atoms with Gasteiger partial charge in [0.15, 0.2) is 0 Å². The standard InChI is InChI=1S/C39H63N5O8/c1-12-23(4)33(43(8)36(47)31(22(2)3)42-38(49)39(6,7)40)29(50-9)21-30(45)44-19-15-18-28(44)34(51-10)24(5)35(46)41-32(37(48)52-11)27-20-25-16-13-14-17-26(25)27/h13-14,16-17,22-24,27-29,31-34H,12,15,18-21,40H2,1-11H3,(H,41,46)(H,42,49)/t23-,24+,27?,28-,29+,31-,32?,33-,34+/m0/s1. The Morgan fingerprint density at radius 2 is 1.67 bits per heavy atom. The Kier molecular flexibility index (Phi) is 15.2. The summed E-state index contributed by atoms with van der Waals surface area (Å²) in [6.45, 7) is 13.2. The van der Waals surface area contributed by atoms with Crippen LogP contribution in [0.25, 0.3) is 0 Å². The molecule has 13 nitrogen and oxygen atoms in total. The average Bonchev–Trinajstić information content (AvgIpc) is 3.58. The number of likely N-dealkylation sites (tertiary alicyclic amines) is 1. The fourth-order valence-corrected chi connectivity index (χ4v) is 7.70. The number of methoxy groups -OCH3 is 3. The molecule has 52 heavy (non-hydrogen) atoms. The molecule has 3 rings (SSSR count). The minimum atomic E-state index is -1.17. The number of nitrogens with one attached hydrogen (secondary N) is 2. The van der Waals surface area contributed by atoms with Gasteiger partial charge in [0.2, 0.25) is 23.6 Å². The third-order valence-corrected chi connectivity index (χ3v) is 11.1. The van der Waals surface area contributed by atoms with E-state index in [4.69, 9.17) is 19.9 Å². The van der Waals surface area contributed by atoms with E-state index in [0.29, 0.717) is 25.8 Å². The van der Waals surface area contributed by atoms with Gasteiger partial charge in [0.05, 0.1) is 49.3 Å². The number of ether oxygens (including phenoxy) is 3. The van der Waals surface area contributed by atoms with E-state index in [-0.39, 0.29) is 41.9 Å². The molecular weight excluding hydrogens is 666 g/mol. The molecule has 0 aromatic heterocycles. The van der Waals surface area contributed by atoms with Crippen LogP contribution in [-0.4, -0.2) is 116 Å². The lowest BCUT2D eigenvalue weighted by molar-refractivity contribution is -0.149. The molecule has 13 heteroatoms. The van der Waals surface area contributed by atoms with Crippen molar-refractivity contribution in [1.29, 1.82) is 0 Å². The Balaban J connectivity index is 1.78. The number of hydrogen-bond acceptors (Lipinski definition) is 9. The molecule has 0 saturated carbocycles. The van der Waals surface area contributed by atoms with E-state index in [2.05, 4.69) is 10.6 Å². The first-order valence-electron chi connectivity index (χ1n) is 18.6. The van der Waals surface area contributed by atoms with Crippen molar-refractivity contribution in [3.8, 4) is 0 Å². The number of nitrogens with two attached hydrogens (primary N) is 1. The van der Waals surface area contributed by atoms with E-state index in [1.807, 2.05) is 52.0 Å². The van der Waals surface area contributed by atoms with Crippen LogP contribution in [0.3, 0.4) is 0 Å². The van der Waals surface area contributed by atoms with E-state index in [1.165, 1.54) is 21.3 Å². The zero-order valence-electron chi connectivity index (χ0n) is 33.1. The number of carbonyl (C=O) groups is 5. The minimum Gasteiger partial charge on any atom is -0.467 e. The second kappa shape index (κ2) is 18.5. The molecule has 0 spiro atoms. The van der Waals surface area contributed by atoms with E-state index in [0.717, 1.165) is 17.5 Å². The van der Waals surface area contributed by atoms with E-state index in [1.54, 1.807) is 37.6 Å². The molecule has 0 radical (unpaired) electrons. The summed E-state index contributed by atoms with van der Waals surface area (Å²) < 4.78 is 17.0. The van der Waals surface area contributed by atoms with E-state index >= 15 is 0 Å². The van der Waals surface area contributed by atoms with E-state index in [9.17, 15) is 24.0 Å². The van der Waals surface area contributed by atoms with Crippen molar-refractivity contribution in [2.45, 2.75) is 128 Å². The van der Waals surface area contributed by atoms with Crippen LogP contribution in [0.2, 0.25) is 0 Å². The zero-order valence-corrected chi connectivity index (χ0v) is 33.1. The van der Waals surface area contributed by atoms with Crippen molar-refractivity contribution in [1.82, 2.24) is 20.4 Å². The zero-order chi connectivity index (χ0) is 39.1. The van der Waals surface area contributed by atoms with Crippen molar-refractivity contribution >= 4 is 29.6 Å². The molecular formula is C39H63N5O8. The fourth-order valence-electron chi connectivity index (χ4n) is 7.70. The van der Waals surface area contributed by atoms with Gasteiger partial charge in [-0.25, -0.2) is 4.79 Å². The maximum absolute atomic E-state index is 14.2. The number of esters is 1. The molecule has 4 amide bonds. The molecule has 1 aliphatic heterocycles. The maximum atomic E-state index is 14.2. The Bertz CT molecular complexity index is 1410. The van der Waals surface area contributed by atoms with Gasteiger partial charge in [-0.05, 0) is 56.1 Å². The molecule has 0 bridgehead atoms. The van der Waals surface area contributed by atoms with Gasteiger partial charge in [-0.2, -0.15) is 0 Å². The van der Waals surface area contributed by atoms with Crippen molar-refractivity contribution < 1.29 is 38.2 Å².